The van der Waals surface area contributed by atoms with Crippen molar-refractivity contribution in [3.05, 3.63) is 87.2 Å². The van der Waals surface area contributed by atoms with E-state index in [1.807, 2.05) is 0 Å². The number of nitro benzene ring substituents is 1. The minimum Gasteiger partial charge on any atom is -0.455 e. The molecule has 0 fully saturated rings. The lowest BCUT2D eigenvalue weighted by Gasteiger charge is -1.96. The summed E-state index contributed by atoms with van der Waals surface area (Å²) in [5.74, 6) is 0.191. The van der Waals surface area contributed by atoms with Crippen molar-refractivity contribution in [2.75, 3.05) is 0 Å². The fourth-order valence-corrected chi connectivity index (χ4v) is 3.59. The average Bonchev–Trinajstić information content (AvgIpc) is 3.35. The lowest BCUT2D eigenvalue weighted by molar-refractivity contribution is -0.384. The van der Waals surface area contributed by atoms with Gasteiger partial charge in [0.05, 0.1) is 16.0 Å². The van der Waals surface area contributed by atoms with Crippen LogP contribution in [0.3, 0.4) is 0 Å². The van der Waals surface area contributed by atoms with Gasteiger partial charge in [0.15, 0.2) is 0 Å². The number of nitro groups is 1. The number of thiophene rings is 1. The Bertz CT molecular complexity index is 1240. The van der Waals surface area contributed by atoms with E-state index in [1.54, 1.807) is 36.4 Å². The Balaban J connectivity index is 1.44. The molecule has 2 heterocycles. The molecule has 2 aromatic heterocycles. The van der Waals surface area contributed by atoms with Crippen molar-refractivity contribution in [1.29, 1.82) is 0 Å². The number of carbonyl (C=O) groups is 1. The Hall–Kier alpha value is -3.85. The molecular formula is C20H12FN3O4S. The quantitative estimate of drug-likeness (QED) is 0.286. The number of fused-ring (bicyclic) bond motifs is 1. The van der Waals surface area contributed by atoms with Gasteiger partial charge in [-0.25, -0.2) is 9.82 Å². The first-order valence-corrected chi connectivity index (χ1v) is 9.18. The topological polar surface area (TPSA) is 97.7 Å². The zero-order valence-corrected chi connectivity index (χ0v) is 15.5. The zero-order valence-electron chi connectivity index (χ0n) is 14.7. The van der Waals surface area contributed by atoms with Gasteiger partial charge in [0.25, 0.3) is 11.6 Å². The standard InChI is InChI=1S/C20H12FN3O4S/c21-14-3-1-12(2-4-14)17-7-6-16(28-17)11-22-23-20(25)19-10-13-9-15(24(26)27)5-8-18(13)29-19/h1-11H,(H,23,25)/b22-11-. The number of amides is 1. The highest BCUT2D eigenvalue weighted by Gasteiger charge is 2.13. The van der Waals surface area contributed by atoms with Gasteiger partial charge in [-0.05, 0) is 48.5 Å². The van der Waals surface area contributed by atoms with E-state index < -0.39 is 10.8 Å². The second-order valence-electron chi connectivity index (χ2n) is 6.00. The van der Waals surface area contributed by atoms with Gasteiger partial charge in [0.2, 0.25) is 0 Å². The lowest BCUT2D eigenvalue weighted by Crippen LogP contribution is -2.15. The molecule has 0 bridgehead atoms. The highest BCUT2D eigenvalue weighted by molar-refractivity contribution is 7.20. The Labute approximate surface area is 167 Å². The Morgan fingerprint density at radius 3 is 2.69 bits per heavy atom. The van der Waals surface area contributed by atoms with Gasteiger partial charge in [0, 0.05) is 27.8 Å². The summed E-state index contributed by atoms with van der Waals surface area (Å²) < 4.78 is 19.4. The smallest absolute Gasteiger partial charge is 0.281 e. The molecule has 7 nitrogen and oxygen atoms in total. The zero-order chi connectivity index (χ0) is 20.4. The Morgan fingerprint density at radius 1 is 1.14 bits per heavy atom. The van der Waals surface area contributed by atoms with Crippen LogP contribution in [-0.4, -0.2) is 17.0 Å². The first kappa shape index (κ1) is 18.5. The predicted molar refractivity (Wildman–Crippen MR) is 108 cm³/mol. The minimum atomic E-state index is -0.481. The number of hydrogen-bond donors (Lipinski definition) is 1. The van der Waals surface area contributed by atoms with Crippen molar-refractivity contribution >= 4 is 39.2 Å². The molecule has 29 heavy (non-hydrogen) atoms. The first-order valence-electron chi connectivity index (χ1n) is 8.37. The van der Waals surface area contributed by atoms with Crippen LogP contribution in [0.2, 0.25) is 0 Å². The lowest BCUT2D eigenvalue weighted by atomic mass is 10.2. The largest absolute Gasteiger partial charge is 0.455 e. The van der Waals surface area contributed by atoms with Crippen LogP contribution in [0, 0.1) is 15.9 Å². The van der Waals surface area contributed by atoms with Crippen molar-refractivity contribution in [3.8, 4) is 11.3 Å². The number of hydrazone groups is 1. The van der Waals surface area contributed by atoms with Crippen molar-refractivity contribution < 1.29 is 18.5 Å². The van der Waals surface area contributed by atoms with Crippen molar-refractivity contribution in [2.45, 2.75) is 0 Å². The van der Waals surface area contributed by atoms with Gasteiger partial charge >= 0.3 is 0 Å². The summed E-state index contributed by atoms with van der Waals surface area (Å²) in [4.78, 5) is 23.0. The van der Waals surface area contributed by atoms with Crippen molar-refractivity contribution in [2.24, 2.45) is 5.10 Å². The molecule has 9 heteroatoms. The summed E-state index contributed by atoms with van der Waals surface area (Å²) in [6.45, 7) is 0. The molecule has 0 atom stereocenters. The maximum absolute atomic E-state index is 13.0. The first-order chi connectivity index (χ1) is 14.0. The van der Waals surface area contributed by atoms with Crippen LogP contribution < -0.4 is 5.43 Å². The summed E-state index contributed by atoms with van der Waals surface area (Å²) in [6, 6.07) is 15.3. The van der Waals surface area contributed by atoms with E-state index in [0.29, 0.717) is 21.8 Å². The highest BCUT2D eigenvalue weighted by Crippen LogP contribution is 2.29. The molecule has 0 aliphatic heterocycles. The number of rotatable bonds is 5. The molecule has 2 aromatic carbocycles. The summed E-state index contributed by atoms with van der Waals surface area (Å²) in [5.41, 5.74) is 3.08. The monoisotopic (exact) mass is 409 g/mol. The molecule has 0 saturated carbocycles. The molecule has 0 unspecified atom stereocenters. The molecule has 0 aliphatic carbocycles. The molecule has 1 N–H and O–H groups in total. The number of nitrogens with zero attached hydrogens (tertiary/aromatic N) is 2. The number of carbonyl (C=O) groups excluding carboxylic acids is 1. The summed E-state index contributed by atoms with van der Waals surface area (Å²) >= 11 is 1.21. The van der Waals surface area contributed by atoms with Crippen LogP contribution in [0.4, 0.5) is 10.1 Å². The molecule has 0 spiro atoms. The fourth-order valence-electron chi connectivity index (χ4n) is 2.66. The predicted octanol–water partition coefficient (Wildman–Crippen LogP) is 4.97. The molecule has 4 aromatic rings. The number of hydrogen-bond acceptors (Lipinski definition) is 6. The van der Waals surface area contributed by atoms with Crippen LogP contribution in [0.1, 0.15) is 15.4 Å². The van der Waals surface area contributed by atoms with E-state index in [-0.39, 0.29) is 11.5 Å². The van der Waals surface area contributed by atoms with Gasteiger partial charge < -0.3 is 4.42 Å². The van der Waals surface area contributed by atoms with E-state index >= 15 is 0 Å². The Kier molecular flexibility index (Phi) is 4.88. The van der Waals surface area contributed by atoms with Crippen LogP contribution in [0.5, 0.6) is 0 Å². The Morgan fingerprint density at radius 2 is 1.93 bits per heavy atom. The summed E-state index contributed by atoms with van der Waals surface area (Å²) in [6.07, 6.45) is 1.35. The van der Waals surface area contributed by atoms with Gasteiger partial charge in [-0.1, -0.05) is 0 Å². The maximum atomic E-state index is 13.0. The maximum Gasteiger partial charge on any atom is 0.281 e. The third-order valence-corrected chi connectivity index (χ3v) is 5.16. The van der Waals surface area contributed by atoms with Crippen LogP contribution >= 0.6 is 11.3 Å². The normalized spacial score (nSPS) is 11.2. The molecule has 4 rings (SSSR count). The molecule has 0 aliphatic rings. The summed E-state index contributed by atoms with van der Waals surface area (Å²) in [5, 5.41) is 15.3. The number of non-ortho nitro benzene ring substituents is 1. The average molecular weight is 409 g/mol. The number of furan rings is 1. The number of benzene rings is 2. The second-order valence-corrected chi connectivity index (χ2v) is 7.08. The van der Waals surface area contributed by atoms with Crippen LogP contribution in [-0.2, 0) is 0 Å². The van der Waals surface area contributed by atoms with Gasteiger partial charge in [-0.3, -0.25) is 14.9 Å². The van der Waals surface area contributed by atoms with E-state index in [0.717, 1.165) is 10.3 Å². The fraction of sp³-hybridized carbons (Fsp3) is 0. The SMILES string of the molecule is O=C(N/N=C\c1ccc(-c2ccc(F)cc2)o1)c1cc2cc([N+](=O)[O-])ccc2s1. The van der Waals surface area contributed by atoms with E-state index in [9.17, 15) is 19.3 Å². The molecule has 0 radical (unpaired) electrons. The minimum absolute atomic E-state index is 0.0324. The highest BCUT2D eigenvalue weighted by atomic mass is 32.1. The van der Waals surface area contributed by atoms with Crippen LogP contribution in [0.25, 0.3) is 21.4 Å². The second kappa shape index (κ2) is 7.64. The molecule has 1 amide bonds. The third kappa shape index (κ3) is 4.04. The third-order valence-electron chi connectivity index (χ3n) is 4.05. The molecule has 144 valence electrons. The van der Waals surface area contributed by atoms with E-state index in [4.69, 9.17) is 4.42 Å². The van der Waals surface area contributed by atoms with Crippen molar-refractivity contribution in [1.82, 2.24) is 5.43 Å². The van der Waals surface area contributed by atoms with Gasteiger partial charge in [-0.15, -0.1) is 11.3 Å². The molecular weight excluding hydrogens is 397 g/mol. The van der Waals surface area contributed by atoms with Gasteiger partial charge in [0.1, 0.15) is 17.3 Å². The van der Waals surface area contributed by atoms with E-state index in [2.05, 4.69) is 10.5 Å². The van der Waals surface area contributed by atoms with Crippen LogP contribution in [0.15, 0.2) is 70.2 Å². The summed E-state index contributed by atoms with van der Waals surface area (Å²) in [7, 11) is 0. The van der Waals surface area contributed by atoms with Gasteiger partial charge in [-0.2, -0.15) is 5.10 Å². The number of nitrogens with one attached hydrogen (secondary N) is 1. The van der Waals surface area contributed by atoms with Crippen molar-refractivity contribution in [3.63, 3.8) is 0 Å². The number of halogens is 1. The van der Waals surface area contributed by atoms with E-state index in [1.165, 1.54) is 41.8 Å². The molecule has 0 saturated heterocycles.